The van der Waals surface area contributed by atoms with E-state index in [-0.39, 0.29) is 0 Å². The Labute approximate surface area is 114 Å². The minimum absolute atomic E-state index is 0.817. The van der Waals surface area contributed by atoms with E-state index in [4.69, 9.17) is 4.74 Å². The summed E-state index contributed by atoms with van der Waals surface area (Å²) in [6, 6.07) is 8.36. The van der Waals surface area contributed by atoms with E-state index in [9.17, 15) is 0 Å². The first kappa shape index (κ1) is 13.6. The van der Waals surface area contributed by atoms with E-state index in [1.165, 1.54) is 22.3 Å². The van der Waals surface area contributed by atoms with Crippen LogP contribution in [-0.4, -0.2) is 18.6 Å². The van der Waals surface area contributed by atoms with Gasteiger partial charge in [-0.15, -0.1) is 0 Å². The molecule has 0 fully saturated rings. The van der Waals surface area contributed by atoms with E-state index < -0.39 is 0 Å². The molecule has 100 valence electrons. The van der Waals surface area contributed by atoms with Gasteiger partial charge < -0.3 is 10.1 Å². The molecule has 0 unspecified atom stereocenters. The summed E-state index contributed by atoms with van der Waals surface area (Å²) < 4.78 is 5.41. The zero-order chi connectivity index (χ0) is 13.7. The second-order valence-electron chi connectivity index (χ2n) is 4.50. The summed E-state index contributed by atoms with van der Waals surface area (Å²) in [4.78, 5) is 4.14. The molecule has 2 rings (SSSR count). The zero-order valence-electron chi connectivity index (χ0n) is 11.7. The Hall–Kier alpha value is -1.87. The third kappa shape index (κ3) is 3.12. The van der Waals surface area contributed by atoms with Gasteiger partial charge in [-0.2, -0.15) is 0 Å². The second-order valence-corrected chi connectivity index (χ2v) is 4.50. The van der Waals surface area contributed by atoms with Crippen LogP contribution in [0.5, 0.6) is 5.75 Å². The third-order valence-electron chi connectivity index (χ3n) is 3.18. The van der Waals surface area contributed by atoms with Crippen LogP contribution >= 0.6 is 0 Å². The molecule has 0 amide bonds. The van der Waals surface area contributed by atoms with Gasteiger partial charge in [-0.05, 0) is 48.4 Å². The summed E-state index contributed by atoms with van der Waals surface area (Å²) in [6.07, 6.45) is 3.72. The Morgan fingerprint density at radius 1 is 1.26 bits per heavy atom. The number of pyridine rings is 1. The number of nitrogens with one attached hydrogen (secondary N) is 1. The highest BCUT2D eigenvalue weighted by Gasteiger charge is 2.07. The SMILES string of the molecule is CCNCc1cc(-c2ccncc2C)ccc1OC. The highest BCUT2D eigenvalue weighted by molar-refractivity contribution is 5.68. The molecule has 1 N–H and O–H groups in total. The molecule has 0 saturated carbocycles. The lowest BCUT2D eigenvalue weighted by Crippen LogP contribution is -2.12. The Balaban J connectivity index is 2.40. The zero-order valence-corrected chi connectivity index (χ0v) is 11.7. The predicted octanol–water partition coefficient (Wildman–Crippen LogP) is 3.18. The maximum atomic E-state index is 5.41. The van der Waals surface area contributed by atoms with Crippen LogP contribution in [0.1, 0.15) is 18.1 Å². The fourth-order valence-corrected chi connectivity index (χ4v) is 2.14. The van der Waals surface area contributed by atoms with Crippen LogP contribution in [0.3, 0.4) is 0 Å². The van der Waals surface area contributed by atoms with Gasteiger partial charge in [-0.1, -0.05) is 13.0 Å². The van der Waals surface area contributed by atoms with Crippen LogP contribution in [0.2, 0.25) is 0 Å². The third-order valence-corrected chi connectivity index (χ3v) is 3.18. The van der Waals surface area contributed by atoms with Crippen LogP contribution in [0.25, 0.3) is 11.1 Å². The first-order chi connectivity index (χ1) is 9.26. The summed E-state index contributed by atoms with van der Waals surface area (Å²) in [7, 11) is 1.71. The number of aryl methyl sites for hydroxylation is 1. The summed E-state index contributed by atoms with van der Waals surface area (Å²) in [5.41, 5.74) is 4.78. The molecule has 1 heterocycles. The van der Waals surface area contributed by atoms with Crippen molar-refractivity contribution in [3.8, 4) is 16.9 Å². The normalized spacial score (nSPS) is 10.5. The molecule has 3 nitrogen and oxygen atoms in total. The molecule has 0 saturated heterocycles. The molecule has 0 aliphatic carbocycles. The van der Waals surface area contributed by atoms with Crippen molar-refractivity contribution < 1.29 is 4.74 Å². The minimum atomic E-state index is 0.817. The number of hydrogen-bond acceptors (Lipinski definition) is 3. The Morgan fingerprint density at radius 3 is 2.79 bits per heavy atom. The van der Waals surface area contributed by atoms with Crippen LogP contribution in [0.15, 0.2) is 36.7 Å². The molecular formula is C16H20N2O. The summed E-state index contributed by atoms with van der Waals surface area (Å²) in [5.74, 6) is 0.927. The standard InChI is InChI=1S/C16H20N2O/c1-4-17-11-14-9-13(5-6-16(14)19-3)15-7-8-18-10-12(15)2/h5-10,17H,4,11H2,1-3H3. The van der Waals surface area contributed by atoms with Crippen molar-refractivity contribution in [1.82, 2.24) is 10.3 Å². The molecule has 0 bridgehead atoms. The molecule has 1 aromatic carbocycles. The molecule has 0 radical (unpaired) electrons. The molecule has 0 atom stereocenters. The van der Waals surface area contributed by atoms with Crippen molar-refractivity contribution >= 4 is 0 Å². The Bertz CT molecular complexity index is 552. The highest BCUT2D eigenvalue weighted by Crippen LogP contribution is 2.28. The Morgan fingerprint density at radius 2 is 2.11 bits per heavy atom. The maximum Gasteiger partial charge on any atom is 0.123 e. The highest BCUT2D eigenvalue weighted by atomic mass is 16.5. The minimum Gasteiger partial charge on any atom is -0.496 e. The first-order valence-electron chi connectivity index (χ1n) is 6.55. The van der Waals surface area contributed by atoms with Gasteiger partial charge in [-0.3, -0.25) is 4.98 Å². The van der Waals surface area contributed by atoms with Gasteiger partial charge in [0.15, 0.2) is 0 Å². The van der Waals surface area contributed by atoms with Crippen LogP contribution < -0.4 is 10.1 Å². The van der Waals surface area contributed by atoms with Gasteiger partial charge in [0.1, 0.15) is 5.75 Å². The number of hydrogen-bond donors (Lipinski definition) is 1. The second kappa shape index (κ2) is 6.34. The van der Waals surface area contributed by atoms with E-state index in [0.717, 1.165) is 18.8 Å². The summed E-state index contributed by atoms with van der Waals surface area (Å²) in [5, 5.41) is 3.34. The van der Waals surface area contributed by atoms with Crippen LogP contribution in [0, 0.1) is 6.92 Å². The van der Waals surface area contributed by atoms with Crippen molar-refractivity contribution in [1.29, 1.82) is 0 Å². The molecule has 2 aromatic rings. The summed E-state index contributed by atoms with van der Waals surface area (Å²) in [6.45, 7) is 5.94. The van der Waals surface area contributed by atoms with Crippen molar-refractivity contribution in [3.63, 3.8) is 0 Å². The van der Waals surface area contributed by atoms with Crippen LogP contribution in [0.4, 0.5) is 0 Å². The summed E-state index contributed by atoms with van der Waals surface area (Å²) >= 11 is 0. The molecule has 0 aliphatic rings. The lowest BCUT2D eigenvalue weighted by atomic mass is 10.00. The van der Waals surface area contributed by atoms with Crippen molar-refractivity contribution in [3.05, 3.63) is 47.8 Å². The average Bonchev–Trinajstić information content (AvgIpc) is 2.45. The maximum absolute atomic E-state index is 5.41. The Kier molecular flexibility index (Phi) is 4.53. The topological polar surface area (TPSA) is 34.2 Å². The molecule has 0 aliphatic heterocycles. The average molecular weight is 256 g/mol. The molecule has 19 heavy (non-hydrogen) atoms. The van der Waals surface area contributed by atoms with E-state index in [1.54, 1.807) is 7.11 Å². The van der Waals surface area contributed by atoms with Crippen LogP contribution in [-0.2, 0) is 6.54 Å². The van der Waals surface area contributed by atoms with Gasteiger partial charge in [0.25, 0.3) is 0 Å². The van der Waals surface area contributed by atoms with Gasteiger partial charge in [0, 0.05) is 24.5 Å². The van der Waals surface area contributed by atoms with E-state index in [1.807, 2.05) is 24.5 Å². The van der Waals surface area contributed by atoms with Gasteiger partial charge in [-0.25, -0.2) is 0 Å². The number of aromatic nitrogens is 1. The fraction of sp³-hybridized carbons (Fsp3) is 0.312. The van der Waals surface area contributed by atoms with E-state index in [2.05, 4.69) is 36.3 Å². The largest absolute Gasteiger partial charge is 0.496 e. The smallest absolute Gasteiger partial charge is 0.123 e. The number of nitrogens with zero attached hydrogens (tertiary/aromatic N) is 1. The van der Waals surface area contributed by atoms with Crippen molar-refractivity contribution in [2.75, 3.05) is 13.7 Å². The monoisotopic (exact) mass is 256 g/mol. The fourth-order valence-electron chi connectivity index (χ4n) is 2.14. The van der Waals surface area contributed by atoms with Crippen molar-refractivity contribution in [2.45, 2.75) is 20.4 Å². The predicted molar refractivity (Wildman–Crippen MR) is 78.3 cm³/mol. The molecular weight excluding hydrogens is 236 g/mol. The quantitative estimate of drug-likeness (QED) is 0.892. The number of methoxy groups -OCH3 is 1. The van der Waals surface area contributed by atoms with Gasteiger partial charge >= 0.3 is 0 Å². The number of ether oxygens (including phenoxy) is 1. The molecule has 0 spiro atoms. The lowest BCUT2D eigenvalue weighted by Gasteiger charge is -2.12. The van der Waals surface area contributed by atoms with E-state index >= 15 is 0 Å². The molecule has 3 heteroatoms. The van der Waals surface area contributed by atoms with Gasteiger partial charge in [0.2, 0.25) is 0 Å². The lowest BCUT2D eigenvalue weighted by molar-refractivity contribution is 0.408. The first-order valence-corrected chi connectivity index (χ1v) is 6.55. The molecule has 1 aromatic heterocycles. The number of rotatable bonds is 5. The van der Waals surface area contributed by atoms with Gasteiger partial charge in [0.05, 0.1) is 7.11 Å². The van der Waals surface area contributed by atoms with E-state index in [0.29, 0.717) is 0 Å². The van der Waals surface area contributed by atoms with Crippen molar-refractivity contribution in [2.24, 2.45) is 0 Å². The number of benzene rings is 1.